The summed E-state index contributed by atoms with van der Waals surface area (Å²) in [5.74, 6) is 4.07. The summed E-state index contributed by atoms with van der Waals surface area (Å²) in [4.78, 5) is 14.2. The molecule has 0 spiro atoms. The molecule has 5 rings (SSSR count). The van der Waals surface area contributed by atoms with Gasteiger partial charge in [0.2, 0.25) is 5.95 Å². The van der Waals surface area contributed by atoms with Gasteiger partial charge < -0.3 is 29.9 Å². The summed E-state index contributed by atoms with van der Waals surface area (Å²) >= 11 is 5.53. The van der Waals surface area contributed by atoms with Gasteiger partial charge in [-0.1, -0.05) is 6.07 Å². The summed E-state index contributed by atoms with van der Waals surface area (Å²) in [7, 11) is 0. The molecule has 0 saturated carbocycles. The Morgan fingerprint density at radius 2 is 1.48 bits per heavy atom. The van der Waals surface area contributed by atoms with E-state index in [-0.39, 0.29) is 0 Å². The summed E-state index contributed by atoms with van der Waals surface area (Å²) in [6.07, 6.45) is 4.84. The van der Waals surface area contributed by atoms with Crippen molar-refractivity contribution in [2.45, 2.75) is 32.2 Å². The highest BCUT2D eigenvalue weighted by Gasteiger charge is 2.20. The molecule has 8 nitrogen and oxygen atoms in total. The Morgan fingerprint density at radius 1 is 0.871 bits per heavy atom. The number of benzene rings is 1. The molecule has 2 N–H and O–H groups in total. The van der Waals surface area contributed by atoms with Crippen LogP contribution >= 0.6 is 12.2 Å². The van der Waals surface area contributed by atoms with Crippen LogP contribution in [0.5, 0.6) is 11.5 Å². The van der Waals surface area contributed by atoms with E-state index in [0.29, 0.717) is 30.8 Å². The summed E-state index contributed by atoms with van der Waals surface area (Å²) in [6.45, 7) is 5.92. The minimum Gasteiger partial charge on any atom is -0.486 e. The maximum atomic E-state index is 5.66. The van der Waals surface area contributed by atoms with Crippen LogP contribution in [0.2, 0.25) is 0 Å². The van der Waals surface area contributed by atoms with Crippen LogP contribution in [0.4, 0.5) is 17.6 Å². The lowest BCUT2D eigenvalue weighted by Gasteiger charge is -2.22. The number of anilines is 3. The van der Waals surface area contributed by atoms with Crippen LogP contribution in [0.15, 0.2) is 24.3 Å². The average molecular weight is 441 g/mol. The monoisotopic (exact) mass is 440 g/mol. The number of nitrogens with one attached hydrogen (secondary N) is 2. The summed E-state index contributed by atoms with van der Waals surface area (Å²) < 4.78 is 11.2. The van der Waals surface area contributed by atoms with Crippen molar-refractivity contribution in [2.75, 3.05) is 54.5 Å². The Morgan fingerprint density at radius 3 is 2.13 bits per heavy atom. The van der Waals surface area contributed by atoms with Crippen LogP contribution in [0.3, 0.4) is 0 Å². The molecular formula is C22H28N6O2S. The molecule has 9 heteroatoms. The Hall–Kier alpha value is -2.81. The zero-order valence-corrected chi connectivity index (χ0v) is 18.4. The molecule has 0 radical (unpaired) electrons. The van der Waals surface area contributed by atoms with Crippen molar-refractivity contribution in [1.82, 2.24) is 15.3 Å². The van der Waals surface area contributed by atoms with Crippen molar-refractivity contribution in [2.24, 2.45) is 0 Å². The molecule has 2 aromatic rings. The average Bonchev–Trinajstić information content (AvgIpc) is 3.52. The van der Waals surface area contributed by atoms with Crippen LogP contribution in [0.25, 0.3) is 0 Å². The van der Waals surface area contributed by atoms with Gasteiger partial charge in [0, 0.05) is 38.8 Å². The van der Waals surface area contributed by atoms with Crippen LogP contribution in [-0.2, 0) is 6.54 Å². The first-order valence-corrected chi connectivity index (χ1v) is 11.5. The van der Waals surface area contributed by atoms with E-state index in [1.54, 1.807) is 0 Å². The van der Waals surface area contributed by atoms with E-state index in [4.69, 9.17) is 31.7 Å². The SMILES string of the molecule is S=C(NCc1ccc2c(c1)OCCO2)Nc1nc(N2CCCC2)cc(N2CCCC2)n1. The van der Waals surface area contributed by atoms with Gasteiger partial charge in [-0.3, -0.25) is 0 Å². The molecule has 0 aliphatic carbocycles. The third-order valence-corrected chi connectivity index (χ3v) is 6.09. The van der Waals surface area contributed by atoms with Crippen LogP contribution in [0.1, 0.15) is 31.2 Å². The maximum absolute atomic E-state index is 5.66. The van der Waals surface area contributed by atoms with Crippen molar-refractivity contribution in [3.63, 3.8) is 0 Å². The minimum atomic E-state index is 0.501. The Bertz CT molecular complexity index is 909. The van der Waals surface area contributed by atoms with Gasteiger partial charge in [0.25, 0.3) is 0 Å². The zero-order valence-electron chi connectivity index (χ0n) is 17.6. The Labute approximate surface area is 187 Å². The van der Waals surface area contributed by atoms with Crippen molar-refractivity contribution in [3.8, 4) is 11.5 Å². The predicted octanol–water partition coefficient (Wildman–Crippen LogP) is 2.93. The Kier molecular flexibility index (Phi) is 5.93. The van der Waals surface area contributed by atoms with Gasteiger partial charge in [0.15, 0.2) is 16.6 Å². The topological polar surface area (TPSA) is 74.8 Å². The highest BCUT2D eigenvalue weighted by molar-refractivity contribution is 7.80. The molecule has 0 atom stereocenters. The smallest absolute Gasteiger partial charge is 0.232 e. The van der Waals surface area contributed by atoms with Crippen LogP contribution < -0.4 is 29.9 Å². The number of hydrogen-bond donors (Lipinski definition) is 2. The fraction of sp³-hybridized carbons (Fsp3) is 0.500. The molecule has 31 heavy (non-hydrogen) atoms. The fourth-order valence-corrected chi connectivity index (χ4v) is 4.38. The summed E-state index contributed by atoms with van der Waals surface area (Å²) in [6, 6.07) is 8.06. The lowest BCUT2D eigenvalue weighted by molar-refractivity contribution is 0.171. The molecule has 1 aromatic carbocycles. The van der Waals surface area contributed by atoms with Crippen molar-refractivity contribution < 1.29 is 9.47 Å². The molecule has 164 valence electrons. The lowest BCUT2D eigenvalue weighted by Crippen LogP contribution is -2.30. The predicted molar refractivity (Wildman–Crippen MR) is 125 cm³/mol. The molecule has 1 aromatic heterocycles. The number of hydrogen-bond acceptors (Lipinski definition) is 7. The molecule has 3 aliphatic heterocycles. The Balaban J connectivity index is 1.26. The summed E-state index contributed by atoms with van der Waals surface area (Å²) in [5.41, 5.74) is 1.07. The van der Waals surface area contributed by atoms with Gasteiger partial charge in [-0.05, 0) is 55.6 Å². The summed E-state index contributed by atoms with van der Waals surface area (Å²) in [5, 5.41) is 6.94. The lowest BCUT2D eigenvalue weighted by atomic mass is 10.2. The van der Waals surface area contributed by atoms with Gasteiger partial charge in [-0.15, -0.1) is 0 Å². The van der Waals surface area contributed by atoms with E-state index in [1.807, 2.05) is 18.2 Å². The van der Waals surface area contributed by atoms with Gasteiger partial charge in [0.05, 0.1) is 0 Å². The second kappa shape index (κ2) is 9.13. The first-order chi connectivity index (χ1) is 15.2. The van der Waals surface area contributed by atoms with Crippen molar-refractivity contribution in [3.05, 3.63) is 29.8 Å². The number of ether oxygens (including phenoxy) is 2. The van der Waals surface area contributed by atoms with Gasteiger partial charge in [-0.2, -0.15) is 9.97 Å². The normalized spacial score (nSPS) is 17.7. The maximum Gasteiger partial charge on any atom is 0.232 e. The first-order valence-electron chi connectivity index (χ1n) is 11.1. The number of fused-ring (bicyclic) bond motifs is 1. The second-order valence-corrected chi connectivity index (χ2v) is 8.49. The molecule has 0 amide bonds. The van der Waals surface area contributed by atoms with Crippen molar-refractivity contribution in [1.29, 1.82) is 0 Å². The molecule has 2 saturated heterocycles. The minimum absolute atomic E-state index is 0.501. The highest BCUT2D eigenvalue weighted by Crippen LogP contribution is 2.31. The third kappa shape index (κ3) is 4.76. The van der Waals surface area contributed by atoms with Gasteiger partial charge >= 0.3 is 0 Å². The molecule has 0 bridgehead atoms. The van der Waals surface area contributed by atoms with E-state index < -0.39 is 0 Å². The number of aromatic nitrogens is 2. The van der Waals surface area contributed by atoms with Gasteiger partial charge in [-0.25, -0.2) is 0 Å². The quantitative estimate of drug-likeness (QED) is 0.683. The van der Waals surface area contributed by atoms with Crippen molar-refractivity contribution >= 4 is 34.9 Å². The van der Waals surface area contributed by atoms with Crippen LogP contribution in [-0.4, -0.2) is 54.5 Å². The van der Waals surface area contributed by atoms with E-state index in [0.717, 1.165) is 54.9 Å². The largest absolute Gasteiger partial charge is 0.486 e. The first kappa shape index (κ1) is 20.1. The second-order valence-electron chi connectivity index (χ2n) is 8.08. The fourth-order valence-electron chi connectivity index (χ4n) is 4.22. The zero-order chi connectivity index (χ0) is 21.0. The van der Waals surface area contributed by atoms with E-state index in [2.05, 4.69) is 26.5 Å². The van der Waals surface area contributed by atoms with E-state index in [9.17, 15) is 0 Å². The van der Waals surface area contributed by atoms with Gasteiger partial charge in [0.1, 0.15) is 24.8 Å². The molecule has 4 heterocycles. The standard InChI is InChI=1S/C22H28N6O2S/c31-22(23-15-16-5-6-17-18(13-16)30-12-11-29-17)26-21-24-19(27-7-1-2-8-27)14-20(25-21)28-9-3-4-10-28/h5-6,13-14H,1-4,7-12,15H2,(H2,23,24,25,26,31). The number of thiocarbonyl (C=S) groups is 1. The molecule has 3 aliphatic rings. The number of nitrogens with zero attached hydrogens (tertiary/aromatic N) is 4. The van der Waals surface area contributed by atoms with E-state index in [1.165, 1.54) is 25.7 Å². The molecular weight excluding hydrogens is 412 g/mol. The molecule has 0 unspecified atom stereocenters. The van der Waals surface area contributed by atoms with E-state index >= 15 is 0 Å². The highest BCUT2D eigenvalue weighted by atomic mass is 32.1. The number of rotatable bonds is 5. The third-order valence-electron chi connectivity index (χ3n) is 5.84. The molecule has 2 fully saturated rings. The van der Waals surface area contributed by atoms with Crippen LogP contribution in [0, 0.1) is 0 Å².